The standard InChI is InChI=1S/C60H78Cl2N12O12S2/c61-44-34-42(40-63)51-38-55(72-20-14-65-15-21-72)57(53(51)36-44)85-49-12-10-48(11-13-49)71-87(77,78)33-32-84-31-29-82-26-19-68-60(76)70-47-8-6-46(7-9-47)69-59(75)67-18-25-81-28-30-83-27-24-74(88(79,80)50-4-2-1-3-5-50)86-58-54-37-45(62)35-43(41-64)52(54)39-56(58)73-22-16-66-17-23-73/h1-5,10-13,34-37,46-47,55-58,65-66,71H,6-9,14-33,38-39H2,(H2,67,69,75)(H2,68,70,76)/t46?,47?,55-,56-,57-,58-/m0/s1. The van der Waals surface area contributed by atoms with Crippen molar-refractivity contribution in [1.29, 1.82) is 10.5 Å². The van der Waals surface area contributed by atoms with Crippen LogP contribution in [0.5, 0.6) is 5.75 Å². The number of urea groups is 2. The molecule has 476 valence electrons. The number of fused-ring (bicyclic) bond motifs is 2. The van der Waals surface area contributed by atoms with E-state index in [1.807, 2.05) is 6.07 Å². The number of carbonyl (C=O) groups excluding carboxylic acids is 2. The van der Waals surface area contributed by atoms with Crippen molar-refractivity contribution in [2.75, 3.05) is 135 Å². The maximum atomic E-state index is 14.1. The summed E-state index contributed by atoms with van der Waals surface area (Å²) < 4.78 is 86.7. The van der Waals surface area contributed by atoms with Crippen LogP contribution in [0.15, 0.2) is 83.8 Å². The molecule has 2 saturated heterocycles. The van der Waals surface area contributed by atoms with Crippen molar-refractivity contribution in [3.63, 3.8) is 0 Å². The number of benzene rings is 4. The van der Waals surface area contributed by atoms with E-state index >= 15 is 0 Å². The molecule has 24 nitrogen and oxygen atoms in total. The Bertz CT molecular complexity index is 3270. The number of nitriles is 2. The van der Waals surface area contributed by atoms with Crippen LogP contribution in [0.1, 0.15) is 71.3 Å². The summed E-state index contributed by atoms with van der Waals surface area (Å²) in [7, 11) is -7.87. The summed E-state index contributed by atoms with van der Waals surface area (Å²) in [5, 5.41) is 39.0. The zero-order valence-corrected chi connectivity index (χ0v) is 52.2. The molecule has 4 aromatic rings. The van der Waals surface area contributed by atoms with E-state index in [2.05, 4.69) is 58.6 Å². The van der Waals surface area contributed by atoms with Crippen LogP contribution in [-0.2, 0) is 56.7 Å². The van der Waals surface area contributed by atoms with Crippen molar-refractivity contribution in [1.82, 2.24) is 46.2 Å². The lowest BCUT2D eigenvalue weighted by Gasteiger charge is -2.37. The van der Waals surface area contributed by atoms with Gasteiger partial charge >= 0.3 is 12.1 Å². The number of hydrogen-bond acceptors (Lipinski definition) is 18. The van der Waals surface area contributed by atoms with E-state index < -0.39 is 26.2 Å². The van der Waals surface area contributed by atoms with Gasteiger partial charge in [-0.2, -0.15) is 10.5 Å². The lowest BCUT2D eigenvalue weighted by atomic mass is 9.91. The number of ether oxygens (including phenoxy) is 5. The second kappa shape index (κ2) is 32.7. The third-order valence-corrected chi connectivity index (χ3v) is 19.5. The third-order valence-electron chi connectivity index (χ3n) is 16.2. The monoisotopic (exact) mass is 1290 g/mol. The third kappa shape index (κ3) is 18.6. The fraction of sp³-hybridized carbons (Fsp3) is 0.533. The molecule has 0 spiro atoms. The minimum absolute atomic E-state index is 0.000204. The Labute approximate surface area is 525 Å². The molecule has 2 aliphatic heterocycles. The van der Waals surface area contributed by atoms with E-state index in [0.29, 0.717) is 76.7 Å². The van der Waals surface area contributed by atoms with E-state index in [9.17, 15) is 36.9 Å². The van der Waals surface area contributed by atoms with Gasteiger partial charge in [-0.15, -0.1) is 0 Å². The van der Waals surface area contributed by atoms with Gasteiger partial charge in [0.1, 0.15) is 18.0 Å². The van der Waals surface area contributed by atoms with Gasteiger partial charge in [-0.05, 0) is 121 Å². The van der Waals surface area contributed by atoms with E-state index in [1.165, 1.54) is 12.1 Å². The van der Waals surface area contributed by atoms with Crippen molar-refractivity contribution in [2.45, 2.75) is 79.8 Å². The number of nitrogens with one attached hydrogen (secondary N) is 7. The molecule has 88 heavy (non-hydrogen) atoms. The molecular formula is C60H78Cl2N12O12S2. The summed E-state index contributed by atoms with van der Waals surface area (Å²) in [6, 6.07) is 25.3. The van der Waals surface area contributed by atoms with Gasteiger partial charge in [-0.25, -0.2) is 26.4 Å². The number of halogens is 2. The number of hydrogen-bond donors (Lipinski definition) is 7. The highest BCUT2D eigenvalue weighted by molar-refractivity contribution is 7.92. The highest BCUT2D eigenvalue weighted by Crippen LogP contribution is 2.43. The molecule has 28 heteroatoms. The van der Waals surface area contributed by atoms with Crippen LogP contribution >= 0.6 is 23.2 Å². The Hall–Kier alpha value is -5.92. The average molecular weight is 1290 g/mol. The van der Waals surface area contributed by atoms with E-state index in [-0.39, 0.29) is 125 Å². The lowest BCUT2D eigenvalue weighted by Crippen LogP contribution is -2.51. The molecule has 3 aliphatic carbocycles. The molecule has 3 fully saturated rings. The highest BCUT2D eigenvalue weighted by atomic mass is 35.5. The maximum Gasteiger partial charge on any atom is 0.315 e. The molecule has 0 bridgehead atoms. The van der Waals surface area contributed by atoms with Gasteiger partial charge in [0.15, 0.2) is 0 Å². The maximum absolute atomic E-state index is 14.1. The normalized spacial score (nSPS) is 21.4. The number of anilines is 1. The van der Waals surface area contributed by atoms with Crippen molar-refractivity contribution in [3.05, 3.63) is 122 Å². The number of rotatable bonds is 30. The van der Waals surface area contributed by atoms with Crippen molar-refractivity contribution < 1.29 is 54.9 Å². The predicted molar refractivity (Wildman–Crippen MR) is 330 cm³/mol. The Morgan fingerprint density at radius 1 is 0.614 bits per heavy atom. The molecule has 2 heterocycles. The molecule has 5 aliphatic rings. The number of hydroxylamine groups is 1. The first-order chi connectivity index (χ1) is 42.7. The van der Waals surface area contributed by atoms with Gasteiger partial charge in [0, 0.05) is 99.3 Å². The first-order valence-electron chi connectivity index (χ1n) is 29.9. The number of piperazine rings is 2. The van der Waals surface area contributed by atoms with Crippen LogP contribution in [0.25, 0.3) is 0 Å². The molecule has 4 amide bonds. The van der Waals surface area contributed by atoms with Gasteiger partial charge in [-0.1, -0.05) is 45.9 Å². The lowest BCUT2D eigenvalue weighted by molar-refractivity contribution is -0.163. The minimum atomic E-state index is -4.15. The minimum Gasteiger partial charge on any atom is -0.484 e. The zero-order chi connectivity index (χ0) is 61.9. The van der Waals surface area contributed by atoms with E-state index in [1.54, 1.807) is 60.7 Å². The molecule has 0 radical (unpaired) electrons. The number of carbonyl (C=O) groups is 2. The van der Waals surface area contributed by atoms with Crippen LogP contribution < -0.4 is 41.4 Å². The van der Waals surface area contributed by atoms with Gasteiger partial charge < -0.3 is 55.6 Å². The largest absolute Gasteiger partial charge is 0.484 e. The molecule has 7 N–H and O–H groups in total. The second-order valence-corrected chi connectivity index (χ2v) is 26.6. The van der Waals surface area contributed by atoms with Crippen LogP contribution in [-0.4, -0.2) is 198 Å². The molecule has 1 saturated carbocycles. The molecule has 0 aromatic heterocycles. The van der Waals surface area contributed by atoms with Crippen LogP contribution in [0.3, 0.4) is 0 Å². The number of sulfonamides is 2. The van der Waals surface area contributed by atoms with Crippen LogP contribution in [0.2, 0.25) is 10.0 Å². The smallest absolute Gasteiger partial charge is 0.315 e. The fourth-order valence-electron chi connectivity index (χ4n) is 11.8. The zero-order valence-electron chi connectivity index (χ0n) is 49.1. The summed E-state index contributed by atoms with van der Waals surface area (Å²) in [5.41, 5.74) is 4.69. The first-order valence-corrected chi connectivity index (χ1v) is 33.8. The van der Waals surface area contributed by atoms with Crippen LogP contribution in [0.4, 0.5) is 15.3 Å². The molecule has 4 aromatic carbocycles. The summed E-state index contributed by atoms with van der Waals surface area (Å²) in [6.07, 6.45) is 2.83. The summed E-state index contributed by atoms with van der Waals surface area (Å²) in [6.45, 7) is 7.96. The summed E-state index contributed by atoms with van der Waals surface area (Å²) in [4.78, 5) is 36.5. The van der Waals surface area contributed by atoms with Gasteiger partial charge in [0.2, 0.25) is 10.0 Å². The van der Waals surface area contributed by atoms with E-state index in [0.717, 1.165) is 73.5 Å². The Morgan fingerprint density at radius 2 is 1.09 bits per heavy atom. The van der Waals surface area contributed by atoms with Crippen molar-refractivity contribution in [2.24, 2.45) is 0 Å². The first kappa shape index (κ1) is 66.5. The average Bonchev–Trinajstić information content (AvgIpc) is 2.63. The number of amides is 4. The van der Waals surface area contributed by atoms with Gasteiger partial charge in [0.25, 0.3) is 10.0 Å². The van der Waals surface area contributed by atoms with Crippen molar-refractivity contribution in [3.8, 4) is 17.9 Å². The van der Waals surface area contributed by atoms with Gasteiger partial charge in [0.05, 0.1) is 99.4 Å². The molecule has 9 rings (SSSR count). The topological polar surface area (TPSA) is 299 Å². The SMILES string of the molecule is N#Cc1cc(Cl)cc2c1C[C@H](N1CCNCC1)[C@H]2Oc1ccc(NS(=O)(=O)CCOCCOCCNC(=O)NC2CCC(NC(=O)NCCOCCOCCN(O[C@H]3c4cc(Cl)cc(C#N)c4C[C@@H]3N3CCNCC3)S(=O)(=O)c3ccccc3)CC2)cc1. The molecule has 0 unspecified atom stereocenters. The highest BCUT2D eigenvalue weighted by Gasteiger charge is 2.43. The Balaban J connectivity index is 0.588. The fourth-order valence-corrected chi connectivity index (χ4v) is 14.4. The quantitative estimate of drug-likeness (QED) is 0.0277. The van der Waals surface area contributed by atoms with Gasteiger partial charge in [-0.3, -0.25) is 19.4 Å². The molecular weight excluding hydrogens is 1220 g/mol. The molecule has 4 atom stereocenters. The van der Waals surface area contributed by atoms with Crippen molar-refractivity contribution >= 4 is 61.0 Å². The predicted octanol–water partition coefficient (Wildman–Crippen LogP) is 4.60. The number of nitrogens with zero attached hydrogens (tertiary/aromatic N) is 5. The second-order valence-electron chi connectivity index (χ2n) is 22.0. The Kier molecular flexibility index (Phi) is 24.7. The summed E-state index contributed by atoms with van der Waals surface area (Å²) >= 11 is 12.9. The van der Waals surface area contributed by atoms with E-state index in [4.69, 9.17) is 51.7 Å². The van der Waals surface area contributed by atoms with Crippen LogP contribution in [0, 0.1) is 22.7 Å². The summed E-state index contributed by atoms with van der Waals surface area (Å²) in [5.74, 6) is 0.292. The Morgan fingerprint density at radius 3 is 1.60 bits per heavy atom.